The fraction of sp³-hybridized carbons (Fsp3) is 0.222. The van der Waals surface area contributed by atoms with Crippen LogP contribution in [0.5, 0.6) is 0 Å². The van der Waals surface area contributed by atoms with Gasteiger partial charge in [-0.15, -0.1) is 22.7 Å². The summed E-state index contributed by atoms with van der Waals surface area (Å²) in [6.07, 6.45) is -4.36. The minimum absolute atomic E-state index is 0.106. The monoisotopic (exact) mass is 266 g/mol. The molecule has 7 heteroatoms. The third-order valence-corrected chi connectivity index (χ3v) is 4.72. The van der Waals surface area contributed by atoms with E-state index in [1.807, 2.05) is 0 Å². The van der Waals surface area contributed by atoms with E-state index in [2.05, 4.69) is 0 Å². The Kier molecular flexibility index (Phi) is 2.47. The molecule has 0 aliphatic carbocycles. The number of aromatic carboxylic acids is 1. The third-order valence-electron chi connectivity index (χ3n) is 2.06. The largest absolute Gasteiger partial charge is 0.477 e. The summed E-state index contributed by atoms with van der Waals surface area (Å²) in [5.41, 5.74) is 0.410. The molecule has 2 heterocycles. The summed E-state index contributed by atoms with van der Waals surface area (Å²) < 4.78 is 38.0. The standard InChI is InChI=1S/C9H5F3O2S2/c1-3-6-4(15-7(3)8(13)14)2-5(16-6)9(10,11)12/h2H,1H3,(H,13,14). The van der Waals surface area contributed by atoms with E-state index in [9.17, 15) is 18.0 Å². The molecule has 0 aliphatic rings. The fourth-order valence-corrected chi connectivity index (χ4v) is 3.65. The Balaban J connectivity index is 2.63. The topological polar surface area (TPSA) is 37.3 Å². The molecule has 0 aromatic carbocycles. The number of fused-ring (bicyclic) bond motifs is 1. The van der Waals surface area contributed by atoms with Crippen LogP contribution in [0.2, 0.25) is 0 Å². The van der Waals surface area contributed by atoms with Gasteiger partial charge in [0, 0.05) is 9.40 Å². The maximum atomic E-state index is 12.4. The number of aryl methyl sites for hydroxylation is 1. The summed E-state index contributed by atoms with van der Waals surface area (Å²) in [7, 11) is 0. The van der Waals surface area contributed by atoms with Gasteiger partial charge in [-0.3, -0.25) is 0 Å². The van der Waals surface area contributed by atoms with Crippen molar-refractivity contribution >= 4 is 38.0 Å². The SMILES string of the molecule is Cc1c(C(=O)O)sc2cc(C(F)(F)F)sc12. The molecule has 0 bridgehead atoms. The summed E-state index contributed by atoms with van der Waals surface area (Å²) in [4.78, 5) is 10.2. The van der Waals surface area contributed by atoms with Crippen LogP contribution in [0.4, 0.5) is 13.2 Å². The predicted octanol–water partition coefficient (Wildman–Crippen LogP) is 3.99. The minimum Gasteiger partial charge on any atom is -0.477 e. The molecule has 0 aliphatic heterocycles. The second-order valence-corrected chi connectivity index (χ2v) is 5.27. The molecule has 0 saturated carbocycles. The van der Waals surface area contributed by atoms with Gasteiger partial charge in [-0.2, -0.15) is 13.2 Å². The van der Waals surface area contributed by atoms with Gasteiger partial charge in [-0.05, 0) is 18.6 Å². The van der Waals surface area contributed by atoms with Crippen LogP contribution in [0.3, 0.4) is 0 Å². The molecule has 2 nitrogen and oxygen atoms in total. The molecule has 0 atom stereocenters. The number of rotatable bonds is 1. The molecule has 0 fully saturated rings. The van der Waals surface area contributed by atoms with Gasteiger partial charge in [0.25, 0.3) is 0 Å². The lowest BCUT2D eigenvalue weighted by Crippen LogP contribution is -2.00. The number of hydrogen-bond acceptors (Lipinski definition) is 3. The molecule has 0 unspecified atom stereocenters. The van der Waals surface area contributed by atoms with Crippen LogP contribution >= 0.6 is 22.7 Å². The molecular weight excluding hydrogens is 261 g/mol. The zero-order valence-electron chi connectivity index (χ0n) is 7.88. The highest BCUT2D eigenvalue weighted by Gasteiger charge is 2.34. The number of carbonyl (C=O) groups is 1. The van der Waals surface area contributed by atoms with Gasteiger partial charge < -0.3 is 5.11 Å². The Morgan fingerprint density at radius 2 is 2.00 bits per heavy atom. The summed E-state index contributed by atoms with van der Waals surface area (Å²) in [6, 6.07) is 1.00. The van der Waals surface area contributed by atoms with Crippen LogP contribution in [0, 0.1) is 6.92 Å². The van der Waals surface area contributed by atoms with Crippen molar-refractivity contribution in [2.75, 3.05) is 0 Å². The number of carboxylic acids is 1. The Bertz CT molecular complexity index is 565. The highest BCUT2D eigenvalue weighted by atomic mass is 32.1. The van der Waals surface area contributed by atoms with Crippen molar-refractivity contribution in [3.8, 4) is 0 Å². The summed E-state index contributed by atoms with van der Waals surface area (Å²) in [6.45, 7) is 1.53. The molecule has 0 spiro atoms. The number of thiophene rings is 2. The molecule has 0 radical (unpaired) electrons. The van der Waals surface area contributed by atoms with Gasteiger partial charge >= 0.3 is 12.1 Å². The first-order valence-corrected chi connectivity index (χ1v) is 5.77. The molecular formula is C9H5F3O2S2. The average Bonchev–Trinajstić information content (AvgIpc) is 2.64. The van der Waals surface area contributed by atoms with Gasteiger partial charge in [-0.1, -0.05) is 0 Å². The molecule has 2 aromatic rings. The minimum atomic E-state index is -4.36. The summed E-state index contributed by atoms with van der Waals surface area (Å²) in [5.74, 6) is -1.10. The lowest BCUT2D eigenvalue weighted by molar-refractivity contribution is -0.134. The van der Waals surface area contributed by atoms with Crippen molar-refractivity contribution in [3.63, 3.8) is 0 Å². The van der Waals surface area contributed by atoms with E-state index >= 15 is 0 Å². The van der Waals surface area contributed by atoms with Crippen LogP contribution in [-0.4, -0.2) is 11.1 Å². The zero-order valence-corrected chi connectivity index (χ0v) is 9.52. The highest BCUT2D eigenvalue weighted by Crippen LogP contribution is 2.43. The Morgan fingerprint density at radius 1 is 1.38 bits per heavy atom. The zero-order chi connectivity index (χ0) is 12.1. The highest BCUT2D eigenvalue weighted by molar-refractivity contribution is 7.29. The average molecular weight is 266 g/mol. The third kappa shape index (κ3) is 1.69. The fourth-order valence-electron chi connectivity index (χ4n) is 1.34. The number of halogens is 3. The van der Waals surface area contributed by atoms with Gasteiger partial charge in [0.15, 0.2) is 0 Å². The van der Waals surface area contributed by atoms with Crippen LogP contribution in [0.25, 0.3) is 9.40 Å². The van der Waals surface area contributed by atoms with Crippen molar-refractivity contribution in [2.24, 2.45) is 0 Å². The van der Waals surface area contributed by atoms with E-state index < -0.39 is 17.0 Å². The van der Waals surface area contributed by atoms with Crippen molar-refractivity contribution in [1.82, 2.24) is 0 Å². The first-order chi connectivity index (χ1) is 7.30. The molecule has 16 heavy (non-hydrogen) atoms. The molecule has 0 amide bonds. The van der Waals surface area contributed by atoms with E-state index in [0.717, 1.165) is 17.4 Å². The van der Waals surface area contributed by atoms with Gasteiger partial charge in [-0.25, -0.2) is 4.79 Å². The molecule has 0 saturated heterocycles. The maximum absolute atomic E-state index is 12.4. The Morgan fingerprint density at radius 3 is 2.44 bits per heavy atom. The lowest BCUT2D eigenvalue weighted by atomic mass is 10.3. The second-order valence-electron chi connectivity index (χ2n) is 3.16. The molecule has 2 rings (SSSR count). The number of alkyl halides is 3. The quantitative estimate of drug-likeness (QED) is 0.847. The van der Waals surface area contributed by atoms with E-state index in [1.54, 1.807) is 0 Å². The van der Waals surface area contributed by atoms with Gasteiger partial charge in [0.1, 0.15) is 9.75 Å². The van der Waals surface area contributed by atoms with Gasteiger partial charge in [0.05, 0.1) is 0 Å². The van der Waals surface area contributed by atoms with Crippen LogP contribution in [-0.2, 0) is 6.18 Å². The van der Waals surface area contributed by atoms with Crippen molar-refractivity contribution < 1.29 is 23.1 Å². The van der Waals surface area contributed by atoms with Crippen LogP contribution in [0.1, 0.15) is 20.1 Å². The normalized spacial score (nSPS) is 12.2. The van der Waals surface area contributed by atoms with Crippen molar-refractivity contribution in [1.29, 1.82) is 0 Å². The molecule has 1 N–H and O–H groups in total. The van der Waals surface area contributed by atoms with Crippen LogP contribution in [0.15, 0.2) is 6.07 Å². The van der Waals surface area contributed by atoms with Crippen LogP contribution < -0.4 is 0 Å². The summed E-state index contributed by atoms with van der Waals surface area (Å²) >= 11 is 1.47. The lowest BCUT2D eigenvalue weighted by Gasteiger charge is -2.00. The second kappa shape index (κ2) is 3.46. The van der Waals surface area contributed by atoms with E-state index in [4.69, 9.17) is 5.11 Å². The van der Waals surface area contributed by atoms with E-state index in [-0.39, 0.29) is 4.88 Å². The maximum Gasteiger partial charge on any atom is 0.425 e. The molecule has 2 aromatic heterocycles. The summed E-state index contributed by atoms with van der Waals surface area (Å²) in [5, 5.41) is 8.81. The first kappa shape index (κ1) is 11.4. The van der Waals surface area contributed by atoms with Gasteiger partial charge in [0.2, 0.25) is 0 Å². The Hall–Kier alpha value is -1.08. The van der Waals surface area contributed by atoms with Crippen molar-refractivity contribution in [2.45, 2.75) is 13.1 Å². The Labute approximate surface area is 95.9 Å². The van der Waals surface area contributed by atoms with E-state index in [0.29, 0.717) is 26.3 Å². The number of hydrogen-bond donors (Lipinski definition) is 1. The number of carboxylic acid groups (broad SMARTS) is 1. The first-order valence-electron chi connectivity index (χ1n) is 4.14. The van der Waals surface area contributed by atoms with E-state index in [1.165, 1.54) is 6.92 Å². The predicted molar refractivity (Wildman–Crippen MR) is 56.4 cm³/mol. The molecule has 86 valence electrons. The van der Waals surface area contributed by atoms with Crippen molar-refractivity contribution in [3.05, 3.63) is 21.4 Å². The smallest absolute Gasteiger partial charge is 0.425 e.